The summed E-state index contributed by atoms with van der Waals surface area (Å²) in [6.07, 6.45) is 4.02. The number of rotatable bonds is 4. The van der Waals surface area contributed by atoms with Crippen LogP contribution in [0.15, 0.2) is 28.2 Å². The fourth-order valence-electron chi connectivity index (χ4n) is 3.21. The molecule has 0 unspecified atom stereocenters. The van der Waals surface area contributed by atoms with Gasteiger partial charge in [0.15, 0.2) is 22.4 Å². The number of nitrogen functional groups attached to an aromatic ring is 1. The smallest absolute Gasteiger partial charge is 0.281 e. The zero-order chi connectivity index (χ0) is 19.1. The summed E-state index contributed by atoms with van der Waals surface area (Å²) in [6.45, 7) is 0. The number of phenols is 2. The lowest BCUT2D eigenvalue weighted by Gasteiger charge is -2.10. The maximum atomic E-state index is 12.7. The monoisotopic (exact) mass is 403 g/mol. The van der Waals surface area contributed by atoms with E-state index in [4.69, 9.17) is 5.84 Å². The van der Waals surface area contributed by atoms with E-state index in [0.29, 0.717) is 10.2 Å². The molecule has 0 aliphatic heterocycles. The third-order valence-corrected chi connectivity index (χ3v) is 6.76. The number of hydrogen-bond donors (Lipinski definition) is 3. The number of carbonyl (C=O) groups excluding carboxylic acids is 1. The molecule has 0 saturated carbocycles. The highest BCUT2D eigenvalue weighted by Gasteiger charge is 2.22. The fraction of sp³-hybridized carbons (Fsp3) is 0.278. The average molecular weight is 403 g/mol. The van der Waals surface area contributed by atoms with Gasteiger partial charge in [0.1, 0.15) is 4.83 Å². The second-order valence-electron chi connectivity index (χ2n) is 6.38. The van der Waals surface area contributed by atoms with Gasteiger partial charge in [-0.3, -0.25) is 9.59 Å². The summed E-state index contributed by atoms with van der Waals surface area (Å²) in [5.74, 6) is 5.04. The molecule has 0 amide bonds. The average Bonchev–Trinajstić information content (AvgIpc) is 3.03. The van der Waals surface area contributed by atoms with Gasteiger partial charge in [-0.1, -0.05) is 11.8 Å². The van der Waals surface area contributed by atoms with Gasteiger partial charge in [0.2, 0.25) is 0 Å². The second kappa shape index (κ2) is 6.90. The normalized spacial score (nSPS) is 13.6. The lowest BCUT2D eigenvalue weighted by molar-refractivity contribution is 0.102. The van der Waals surface area contributed by atoms with Gasteiger partial charge in [-0.05, 0) is 49.4 Å². The van der Waals surface area contributed by atoms with E-state index >= 15 is 0 Å². The summed E-state index contributed by atoms with van der Waals surface area (Å²) in [4.78, 5) is 31.5. The van der Waals surface area contributed by atoms with Crippen LogP contribution in [0.2, 0.25) is 0 Å². The topological polar surface area (TPSA) is 118 Å². The number of aromatic nitrogens is 2. The number of Topliss-reactive ketones (excluding diaryl/α,β-unsaturated/α-hetero) is 1. The minimum absolute atomic E-state index is 0.00442. The van der Waals surface area contributed by atoms with Crippen molar-refractivity contribution in [3.8, 4) is 11.5 Å². The summed E-state index contributed by atoms with van der Waals surface area (Å²) in [5.41, 5.74) is 1.05. The van der Waals surface area contributed by atoms with Crippen LogP contribution in [0.1, 0.15) is 33.6 Å². The van der Waals surface area contributed by atoms with Gasteiger partial charge >= 0.3 is 0 Å². The highest BCUT2D eigenvalue weighted by atomic mass is 32.2. The number of aromatic hydroxyl groups is 2. The largest absolute Gasteiger partial charge is 0.504 e. The molecule has 0 atom stereocenters. The van der Waals surface area contributed by atoms with Crippen LogP contribution in [0.25, 0.3) is 10.2 Å². The maximum absolute atomic E-state index is 12.7. The summed E-state index contributed by atoms with van der Waals surface area (Å²) < 4.78 is 1.01. The Balaban J connectivity index is 1.62. The van der Waals surface area contributed by atoms with Crippen molar-refractivity contribution in [2.24, 2.45) is 0 Å². The maximum Gasteiger partial charge on any atom is 0.281 e. The van der Waals surface area contributed by atoms with Crippen LogP contribution in [0, 0.1) is 0 Å². The number of nitrogens with two attached hydrogens (primary N) is 1. The van der Waals surface area contributed by atoms with E-state index in [9.17, 15) is 19.8 Å². The molecule has 2 aromatic heterocycles. The minimum Gasteiger partial charge on any atom is -0.504 e. The Labute approximate surface area is 162 Å². The fourth-order valence-corrected chi connectivity index (χ4v) is 5.33. The minimum atomic E-state index is -0.356. The van der Waals surface area contributed by atoms with E-state index in [2.05, 4.69) is 4.98 Å². The predicted molar refractivity (Wildman–Crippen MR) is 105 cm³/mol. The molecule has 1 aliphatic carbocycles. The number of carbonyl (C=O) groups is 1. The van der Waals surface area contributed by atoms with Gasteiger partial charge in [-0.2, -0.15) is 0 Å². The molecule has 140 valence electrons. The molecule has 0 radical (unpaired) electrons. The number of hydrogen-bond acceptors (Lipinski definition) is 8. The number of aryl methyl sites for hydroxylation is 2. The first-order valence-corrected chi connectivity index (χ1v) is 10.3. The van der Waals surface area contributed by atoms with Gasteiger partial charge in [0, 0.05) is 10.4 Å². The van der Waals surface area contributed by atoms with Crippen molar-refractivity contribution in [2.45, 2.75) is 30.8 Å². The summed E-state index contributed by atoms with van der Waals surface area (Å²) in [5, 5.41) is 19.8. The SMILES string of the molecule is Nn1c(SCC(=O)c2ccc(O)c(O)c2)nc2sc3c(c2c1=O)CCCC3. The van der Waals surface area contributed by atoms with Crippen molar-refractivity contribution in [1.29, 1.82) is 0 Å². The van der Waals surface area contributed by atoms with Crippen LogP contribution in [0.5, 0.6) is 11.5 Å². The van der Waals surface area contributed by atoms with Crippen molar-refractivity contribution in [1.82, 2.24) is 9.66 Å². The highest BCUT2D eigenvalue weighted by Crippen LogP contribution is 2.34. The molecule has 0 spiro atoms. The highest BCUT2D eigenvalue weighted by molar-refractivity contribution is 7.99. The van der Waals surface area contributed by atoms with Crippen molar-refractivity contribution >= 4 is 39.1 Å². The Hall–Kier alpha value is -2.52. The lowest BCUT2D eigenvalue weighted by Crippen LogP contribution is -2.30. The summed E-state index contributed by atoms with van der Waals surface area (Å²) in [7, 11) is 0. The van der Waals surface area contributed by atoms with Gasteiger partial charge in [0.05, 0.1) is 11.1 Å². The Morgan fingerprint density at radius 2 is 2.04 bits per heavy atom. The Kier molecular flexibility index (Phi) is 4.56. The Morgan fingerprint density at radius 1 is 1.26 bits per heavy atom. The quantitative estimate of drug-likeness (QED) is 0.201. The first kappa shape index (κ1) is 17.9. The van der Waals surface area contributed by atoms with Crippen molar-refractivity contribution in [2.75, 3.05) is 11.6 Å². The Bertz CT molecular complexity index is 1120. The number of phenolic OH excluding ortho intramolecular Hbond substituents is 2. The van der Waals surface area contributed by atoms with Crippen molar-refractivity contribution in [3.05, 3.63) is 44.6 Å². The van der Waals surface area contributed by atoms with Crippen molar-refractivity contribution < 1.29 is 15.0 Å². The number of thioether (sulfide) groups is 1. The number of fused-ring (bicyclic) bond motifs is 3. The molecule has 0 saturated heterocycles. The van der Waals surface area contributed by atoms with Crippen molar-refractivity contribution in [3.63, 3.8) is 0 Å². The standard InChI is InChI=1S/C18H17N3O4S2/c19-21-17(25)15-10-3-1-2-4-14(10)27-16(15)20-18(21)26-8-13(24)9-5-6-11(22)12(23)7-9/h5-7,22-23H,1-4,8,19H2. The third-order valence-electron chi connectivity index (χ3n) is 4.62. The van der Waals surface area contributed by atoms with Gasteiger partial charge in [-0.25, -0.2) is 9.66 Å². The second-order valence-corrected chi connectivity index (χ2v) is 8.40. The molecule has 0 fully saturated rings. The zero-order valence-electron chi connectivity index (χ0n) is 14.3. The molecule has 2 heterocycles. The number of thiophene rings is 1. The Morgan fingerprint density at radius 3 is 2.81 bits per heavy atom. The lowest BCUT2D eigenvalue weighted by atomic mass is 9.97. The molecule has 3 aromatic rings. The molecule has 4 N–H and O–H groups in total. The van der Waals surface area contributed by atoms with Gasteiger partial charge in [0.25, 0.3) is 5.56 Å². The molecule has 4 rings (SSSR count). The predicted octanol–water partition coefficient (Wildman–Crippen LogP) is 2.44. The first-order valence-electron chi connectivity index (χ1n) is 8.46. The van der Waals surface area contributed by atoms with E-state index in [0.717, 1.165) is 47.7 Å². The van der Waals surface area contributed by atoms with E-state index < -0.39 is 0 Å². The first-order chi connectivity index (χ1) is 13.0. The molecule has 1 aliphatic rings. The number of benzene rings is 1. The van der Waals surface area contributed by atoms with Crippen LogP contribution >= 0.6 is 23.1 Å². The third kappa shape index (κ3) is 3.17. The number of ketones is 1. The summed E-state index contributed by atoms with van der Waals surface area (Å²) >= 11 is 2.61. The van der Waals surface area contributed by atoms with E-state index in [1.807, 2.05) is 0 Å². The molecule has 9 heteroatoms. The van der Waals surface area contributed by atoms with Gasteiger partial charge in [-0.15, -0.1) is 11.3 Å². The van der Waals surface area contributed by atoms with Crippen LogP contribution in [-0.4, -0.2) is 31.4 Å². The molecular weight excluding hydrogens is 386 g/mol. The van der Waals surface area contributed by atoms with Crippen LogP contribution in [0.4, 0.5) is 0 Å². The van der Waals surface area contributed by atoms with Crippen LogP contribution < -0.4 is 11.4 Å². The molecule has 7 nitrogen and oxygen atoms in total. The molecule has 0 bridgehead atoms. The summed E-state index contributed by atoms with van der Waals surface area (Å²) in [6, 6.07) is 3.89. The van der Waals surface area contributed by atoms with E-state index in [-0.39, 0.29) is 39.3 Å². The number of nitrogens with zero attached hydrogens (tertiary/aromatic N) is 2. The zero-order valence-corrected chi connectivity index (χ0v) is 15.9. The molecule has 27 heavy (non-hydrogen) atoms. The molecule has 1 aromatic carbocycles. The molecular formula is C18H17N3O4S2. The van der Waals surface area contributed by atoms with E-state index in [1.54, 1.807) is 0 Å². The van der Waals surface area contributed by atoms with Crippen LogP contribution in [0.3, 0.4) is 0 Å². The van der Waals surface area contributed by atoms with E-state index in [1.165, 1.54) is 34.4 Å². The van der Waals surface area contributed by atoms with Gasteiger partial charge < -0.3 is 16.1 Å². The van der Waals surface area contributed by atoms with Crippen LogP contribution in [-0.2, 0) is 12.8 Å².